The summed E-state index contributed by atoms with van der Waals surface area (Å²) in [6, 6.07) is 12.9. The average Bonchev–Trinajstić information content (AvgIpc) is 2.65. The second-order valence-corrected chi connectivity index (χ2v) is 6.43. The fourth-order valence-corrected chi connectivity index (χ4v) is 2.55. The summed E-state index contributed by atoms with van der Waals surface area (Å²) in [5.74, 6) is -0.0149. The first-order valence-corrected chi connectivity index (χ1v) is 8.76. The van der Waals surface area contributed by atoms with Gasteiger partial charge < -0.3 is 16.0 Å². The summed E-state index contributed by atoms with van der Waals surface area (Å²) in [5.41, 5.74) is 4.64. The Labute approximate surface area is 163 Å². The van der Waals surface area contributed by atoms with Crippen LogP contribution < -0.4 is 16.0 Å². The average molecular weight is 375 g/mol. The van der Waals surface area contributed by atoms with Crippen molar-refractivity contribution in [2.45, 2.75) is 20.8 Å². The molecule has 0 aliphatic heterocycles. The molecule has 0 aliphatic rings. The Hall–Kier alpha value is -3.74. The second kappa shape index (κ2) is 8.30. The molecule has 7 heteroatoms. The zero-order valence-electron chi connectivity index (χ0n) is 15.9. The first-order valence-electron chi connectivity index (χ1n) is 8.76. The van der Waals surface area contributed by atoms with Gasteiger partial charge in [-0.05, 0) is 55.3 Å². The van der Waals surface area contributed by atoms with E-state index in [-0.39, 0.29) is 17.5 Å². The molecule has 0 atom stereocenters. The monoisotopic (exact) mass is 375 g/mol. The van der Waals surface area contributed by atoms with E-state index < -0.39 is 0 Å². The summed E-state index contributed by atoms with van der Waals surface area (Å²) in [6.45, 7) is 5.52. The SMILES string of the molecule is CC(=O)Nc1cccc(NC(=O)c2cnc(Nc3ccc(C)c(C)c3)cn2)c1. The van der Waals surface area contributed by atoms with E-state index in [1.54, 1.807) is 24.3 Å². The summed E-state index contributed by atoms with van der Waals surface area (Å²) in [4.78, 5) is 32.0. The molecular weight excluding hydrogens is 354 g/mol. The summed E-state index contributed by atoms with van der Waals surface area (Å²) in [6.07, 6.45) is 2.92. The Balaban J connectivity index is 1.66. The van der Waals surface area contributed by atoms with Crippen molar-refractivity contribution in [3.63, 3.8) is 0 Å². The molecule has 1 aromatic heterocycles. The van der Waals surface area contributed by atoms with Crippen molar-refractivity contribution >= 4 is 34.7 Å². The molecule has 1 heterocycles. The molecule has 0 saturated heterocycles. The number of anilines is 4. The maximum absolute atomic E-state index is 12.4. The van der Waals surface area contributed by atoms with Crippen LogP contribution in [0.1, 0.15) is 28.5 Å². The lowest BCUT2D eigenvalue weighted by Crippen LogP contribution is -2.14. The number of hydrogen-bond acceptors (Lipinski definition) is 5. The fourth-order valence-electron chi connectivity index (χ4n) is 2.55. The highest BCUT2D eigenvalue weighted by Crippen LogP contribution is 2.18. The molecule has 7 nitrogen and oxygen atoms in total. The molecule has 0 fully saturated rings. The topological polar surface area (TPSA) is 96.0 Å². The lowest BCUT2D eigenvalue weighted by atomic mass is 10.1. The summed E-state index contributed by atoms with van der Waals surface area (Å²) in [5, 5.41) is 8.58. The van der Waals surface area contributed by atoms with Gasteiger partial charge in [0.2, 0.25) is 5.91 Å². The Morgan fingerprint density at radius 1 is 0.821 bits per heavy atom. The molecule has 2 aromatic carbocycles. The largest absolute Gasteiger partial charge is 0.339 e. The second-order valence-electron chi connectivity index (χ2n) is 6.43. The van der Waals surface area contributed by atoms with Gasteiger partial charge in [0.25, 0.3) is 5.91 Å². The molecule has 0 spiro atoms. The lowest BCUT2D eigenvalue weighted by molar-refractivity contribution is -0.114. The smallest absolute Gasteiger partial charge is 0.275 e. The minimum absolute atomic E-state index is 0.179. The molecular formula is C21H21N5O2. The van der Waals surface area contributed by atoms with E-state index in [1.807, 2.05) is 25.1 Å². The third-order valence-corrected chi connectivity index (χ3v) is 4.10. The summed E-state index contributed by atoms with van der Waals surface area (Å²) in [7, 11) is 0. The first kappa shape index (κ1) is 19.0. The standard InChI is InChI=1S/C21H21N5O2/c1-13-7-8-18(9-14(13)2)25-20-12-22-19(11-23-20)21(28)26-17-6-4-5-16(10-17)24-15(3)27/h4-12H,1-3H3,(H,23,25)(H,24,27)(H,26,28). The number of carbonyl (C=O) groups excluding carboxylic acids is 2. The zero-order valence-corrected chi connectivity index (χ0v) is 15.9. The van der Waals surface area contributed by atoms with Crippen molar-refractivity contribution in [1.29, 1.82) is 0 Å². The molecule has 0 radical (unpaired) electrons. The van der Waals surface area contributed by atoms with Crippen LogP contribution >= 0.6 is 0 Å². The molecule has 28 heavy (non-hydrogen) atoms. The first-order chi connectivity index (χ1) is 13.4. The van der Waals surface area contributed by atoms with Crippen LogP contribution in [0.15, 0.2) is 54.9 Å². The van der Waals surface area contributed by atoms with Crippen LogP contribution in [0.3, 0.4) is 0 Å². The lowest BCUT2D eigenvalue weighted by Gasteiger charge is -2.09. The third-order valence-electron chi connectivity index (χ3n) is 4.10. The van der Waals surface area contributed by atoms with E-state index in [0.29, 0.717) is 17.2 Å². The van der Waals surface area contributed by atoms with Gasteiger partial charge in [-0.2, -0.15) is 0 Å². The van der Waals surface area contributed by atoms with E-state index >= 15 is 0 Å². The molecule has 0 aliphatic carbocycles. The van der Waals surface area contributed by atoms with Gasteiger partial charge in [-0.15, -0.1) is 0 Å². The molecule has 2 amide bonds. The maximum atomic E-state index is 12.4. The third kappa shape index (κ3) is 4.91. The van der Waals surface area contributed by atoms with E-state index in [1.165, 1.54) is 30.4 Å². The van der Waals surface area contributed by atoms with Gasteiger partial charge in [0.1, 0.15) is 11.5 Å². The van der Waals surface area contributed by atoms with Crippen LogP contribution in [0.25, 0.3) is 0 Å². The highest BCUT2D eigenvalue weighted by atomic mass is 16.2. The van der Waals surface area contributed by atoms with E-state index in [4.69, 9.17) is 0 Å². The van der Waals surface area contributed by atoms with Crippen LogP contribution in [-0.4, -0.2) is 21.8 Å². The summed E-state index contributed by atoms with van der Waals surface area (Å²) < 4.78 is 0. The molecule has 3 N–H and O–H groups in total. The van der Waals surface area contributed by atoms with Crippen molar-refractivity contribution < 1.29 is 9.59 Å². The van der Waals surface area contributed by atoms with E-state index in [2.05, 4.69) is 32.8 Å². The Morgan fingerprint density at radius 2 is 1.57 bits per heavy atom. The Kier molecular flexibility index (Phi) is 5.64. The van der Waals surface area contributed by atoms with Crippen LogP contribution in [-0.2, 0) is 4.79 Å². The number of hydrogen-bond donors (Lipinski definition) is 3. The number of nitrogens with one attached hydrogen (secondary N) is 3. The minimum Gasteiger partial charge on any atom is -0.339 e. The molecule has 0 saturated carbocycles. The zero-order chi connectivity index (χ0) is 20.1. The van der Waals surface area contributed by atoms with Crippen LogP contribution in [0.4, 0.5) is 22.9 Å². The Morgan fingerprint density at radius 3 is 2.21 bits per heavy atom. The van der Waals surface area contributed by atoms with Gasteiger partial charge in [0.15, 0.2) is 0 Å². The van der Waals surface area contributed by atoms with Crippen molar-refractivity contribution in [2.24, 2.45) is 0 Å². The maximum Gasteiger partial charge on any atom is 0.275 e. The van der Waals surface area contributed by atoms with Gasteiger partial charge >= 0.3 is 0 Å². The Bertz CT molecular complexity index is 1020. The number of amides is 2. The quantitative estimate of drug-likeness (QED) is 0.625. The fraction of sp³-hybridized carbons (Fsp3) is 0.143. The number of benzene rings is 2. The summed E-state index contributed by atoms with van der Waals surface area (Å²) >= 11 is 0. The number of nitrogens with zero attached hydrogens (tertiary/aromatic N) is 2. The predicted molar refractivity (Wildman–Crippen MR) is 110 cm³/mol. The van der Waals surface area contributed by atoms with Crippen molar-refractivity contribution in [1.82, 2.24) is 9.97 Å². The highest BCUT2D eigenvalue weighted by Gasteiger charge is 2.09. The number of rotatable bonds is 5. The van der Waals surface area contributed by atoms with E-state index in [0.717, 1.165) is 5.69 Å². The molecule has 3 aromatic rings. The molecule has 0 unspecified atom stereocenters. The predicted octanol–water partition coefficient (Wildman–Crippen LogP) is 4.05. The molecule has 3 rings (SSSR count). The molecule has 142 valence electrons. The molecule has 0 bridgehead atoms. The van der Waals surface area contributed by atoms with Crippen LogP contribution in [0, 0.1) is 13.8 Å². The van der Waals surface area contributed by atoms with Crippen molar-refractivity contribution in [2.75, 3.05) is 16.0 Å². The van der Waals surface area contributed by atoms with Gasteiger partial charge in [-0.25, -0.2) is 9.97 Å². The van der Waals surface area contributed by atoms with Crippen LogP contribution in [0.2, 0.25) is 0 Å². The van der Waals surface area contributed by atoms with Crippen molar-refractivity contribution in [3.8, 4) is 0 Å². The number of carbonyl (C=O) groups is 2. The van der Waals surface area contributed by atoms with Crippen molar-refractivity contribution in [3.05, 3.63) is 71.7 Å². The van der Waals surface area contributed by atoms with Gasteiger partial charge in [0, 0.05) is 24.0 Å². The van der Waals surface area contributed by atoms with Gasteiger partial charge in [0.05, 0.1) is 12.4 Å². The minimum atomic E-state index is -0.384. The van der Waals surface area contributed by atoms with Gasteiger partial charge in [-0.1, -0.05) is 12.1 Å². The number of aromatic nitrogens is 2. The van der Waals surface area contributed by atoms with E-state index in [9.17, 15) is 9.59 Å². The van der Waals surface area contributed by atoms with Gasteiger partial charge in [-0.3, -0.25) is 9.59 Å². The van der Waals surface area contributed by atoms with Crippen LogP contribution in [0.5, 0.6) is 0 Å². The normalized spacial score (nSPS) is 10.2. The number of aryl methyl sites for hydroxylation is 2. The highest BCUT2D eigenvalue weighted by molar-refractivity contribution is 6.03.